The van der Waals surface area contributed by atoms with Gasteiger partial charge in [-0.05, 0) is 93.5 Å². The van der Waals surface area contributed by atoms with E-state index in [1.165, 1.54) is 24.3 Å². The highest BCUT2D eigenvalue weighted by Crippen LogP contribution is 2.09. The van der Waals surface area contributed by atoms with E-state index < -0.39 is 17.9 Å². The number of carbonyl (C=O) groups excluding carboxylic acids is 4. The number of carboxylic acids is 1. The second kappa shape index (κ2) is 33.1. The van der Waals surface area contributed by atoms with Crippen molar-refractivity contribution in [2.45, 2.75) is 76.7 Å². The average Bonchev–Trinajstić information content (AvgIpc) is 3.23. The molecule has 0 saturated carbocycles. The molecule has 1 atom stereocenters. The van der Waals surface area contributed by atoms with E-state index >= 15 is 0 Å². The largest absolute Gasteiger partial charge is 0.480 e. The van der Waals surface area contributed by atoms with Gasteiger partial charge in [0.05, 0.1) is 39.6 Å². The van der Waals surface area contributed by atoms with E-state index in [-0.39, 0.29) is 29.7 Å². The summed E-state index contributed by atoms with van der Waals surface area (Å²) in [6.07, 6.45) is 9.51. The lowest BCUT2D eigenvalue weighted by atomic mass is 10.1. The van der Waals surface area contributed by atoms with Gasteiger partial charge in [-0.25, -0.2) is 4.79 Å². The van der Waals surface area contributed by atoms with E-state index in [9.17, 15) is 29.1 Å². The summed E-state index contributed by atoms with van der Waals surface area (Å²) in [5.74, 6) is -1.30. The van der Waals surface area contributed by atoms with Crippen molar-refractivity contribution < 1.29 is 48.0 Å². The lowest BCUT2D eigenvalue weighted by molar-refractivity contribution is -0.139. The zero-order valence-electron chi connectivity index (χ0n) is 33.5. The zero-order valence-corrected chi connectivity index (χ0v) is 35.1. The van der Waals surface area contributed by atoms with E-state index in [1.807, 2.05) is 0 Å². The number of hydrogen-bond acceptors (Lipinski definition) is 9. The minimum Gasteiger partial charge on any atom is -0.480 e. The molecule has 2 aromatic rings. The molecule has 58 heavy (non-hydrogen) atoms. The number of hydrogen-bond donors (Lipinski definition) is 5. The molecule has 0 saturated heterocycles. The van der Waals surface area contributed by atoms with E-state index in [0.717, 1.165) is 51.4 Å². The van der Waals surface area contributed by atoms with Crippen LogP contribution in [0.5, 0.6) is 0 Å². The number of ether oxygens (including phenoxy) is 4. The topological polar surface area (TPSA) is 191 Å². The Morgan fingerprint density at radius 1 is 0.448 bits per heavy atom. The molecule has 0 unspecified atom stereocenters. The summed E-state index contributed by atoms with van der Waals surface area (Å²) in [6, 6.07) is 11.0. The maximum absolute atomic E-state index is 12.8. The Morgan fingerprint density at radius 3 is 1.21 bits per heavy atom. The van der Waals surface area contributed by atoms with Gasteiger partial charge >= 0.3 is 5.97 Å². The quantitative estimate of drug-likeness (QED) is 0.0432. The molecular weight excluding hydrogens is 791 g/mol. The number of aliphatic carboxylic acids is 1. The van der Waals surface area contributed by atoms with Gasteiger partial charge < -0.3 is 45.3 Å². The molecular formula is C42H62Cl2N4O10. The lowest BCUT2D eigenvalue weighted by Gasteiger charge is -2.15. The van der Waals surface area contributed by atoms with Crippen molar-refractivity contribution >= 4 is 52.8 Å². The van der Waals surface area contributed by atoms with E-state index in [2.05, 4.69) is 21.3 Å². The highest BCUT2D eigenvalue weighted by molar-refractivity contribution is 6.18. The second-order valence-electron chi connectivity index (χ2n) is 13.4. The van der Waals surface area contributed by atoms with Gasteiger partial charge in [-0.2, -0.15) is 0 Å². The van der Waals surface area contributed by atoms with Crippen LogP contribution in [0, 0.1) is 0 Å². The first-order valence-electron chi connectivity index (χ1n) is 20.3. The van der Waals surface area contributed by atoms with E-state index in [1.54, 1.807) is 24.3 Å². The van der Waals surface area contributed by atoms with Crippen molar-refractivity contribution in [3.05, 3.63) is 70.8 Å². The van der Waals surface area contributed by atoms with Crippen molar-refractivity contribution in [2.75, 3.05) is 84.2 Å². The highest BCUT2D eigenvalue weighted by atomic mass is 35.5. The summed E-state index contributed by atoms with van der Waals surface area (Å²) < 4.78 is 22.0. The van der Waals surface area contributed by atoms with Gasteiger partial charge in [0.1, 0.15) is 6.04 Å². The number of carbonyl (C=O) groups is 5. The van der Waals surface area contributed by atoms with Crippen LogP contribution < -0.4 is 21.3 Å². The molecule has 0 heterocycles. The first-order chi connectivity index (χ1) is 28.3. The first kappa shape index (κ1) is 50.4. The number of halogens is 2. The molecule has 14 nitrogen and oxygen atoms in total. The number of benzene rings is 2. The molecule has 0 radical (unpaired) electrons. The summed E-state index contributed by atoms with van der Waals surface area (Å²) in [6.45, 7) is 4.87. The van der Waals surface area contributed by atoms with Crippen LogP contribution in [0.3, 0.4) is 0 Å². The van der Waals surface area contributed by atoms with Gasteiger partial charge in [-0.3, -0.25) is 19.2 Å². The molecule has 0 aliphatic rings. The lowest BCUT2D eigenvalue weighted by Crippen LogP contribution is -2.40. The normalized spacial score (nSPS) is 11.5. The third-order valence-electron chi connectivity index (χ3n) is 8.78. The molecule has 4 amide bonds. The van der Waals surface area contributed by atoms with Gasteiger partial charge in [0, 0.05) is 66.9 Å². The third-order valence-corrected chi connectivity index (χ3v) is 9.31. The van der Waals surface area contributed by atoms with Crippen LogP contribution in [0.4, 0.5) is 0 Å². The van der Waals surface area contributed by atoms with Gasteiger partial charge in [-0.15, -0.1) is 23.2 Å². The fourth-order valence-corrected chi connectivity index (χ4v) is 5.83. The molecule has 5 N–H and O–H groups in total. The molecule has 0 spiro atoms. The van der Waals surface area contributed by atoms with Crippen molar-refractivity contribution in [1.29, 1.82) is 0 Å². The summed E-state index contributed by atoms with van der Waals surface area (Å²) in [5.41, 5.74) is 1.35. The number of unbranched alkanes of at least 4 members (excludes halogenated alkanes) is 7. The van der Waals surface area contributed by atoms with Gasteiger partial charge in [0.15, 0.2) is 0 Å². The highest BCUT2D eigenvalue weighted by Gasteiger charge is 2.21. The maximum atomic E-state index is 12.8. The van der Waals surface area contributed by atoms with Crippen molar-refractivity contribution in [3.8, 4) is 0 Å². The Morgan fingerprint density at radius 2 is 0.810 bits per heavy atom. The smallest absolute Gasteiger partial charge is 0.326 e. The Labute approximate surface area is 352 Å². The van der Waals surface area contributed by atoms with Crippen LogP contribution in [0.2, 0.25) is 0 Å². The summed E-state index contributed by atoms with van der Waals surface area (Å²) >= 11 is 11.3. The number of carboxylic acid groups (broad SMARTS) is 1. The Hall–Kier alpha value is -3.79. The first-order valence-corrected chi connectivity index (χ1v) is 21.3. The molecule has 0 bridgehead atoms. The van der Waals surface area contributed by atoms with Gasteiger partial charge in [-0.1, -0.05) is 25.7 Å². The van der Waals surface area contributed by atoms with Crippen molar-refractivity contribution in [2.24, 2.45) is 0 Å². The molecule has 16 heteroatoms. The van der Waals surface area contributed by atoms with Crippen LogP contribution in [0.25, 0.3) is 0 Å². The standard InChI is InChI=1S/C42H62Cl2N4O10/c43-20-6-1-3-9-25-55-29-31-57-27-23-46-39(50)34-14-12-33(13-15-34)38(49)45-22-8-5-11-37(42(53)54)48-41(52)36-18-16-35(17-19-36)40(51)47-24-28-58-32-30-56-26-10-4-2-7-21-44/h12-19,37H,1-11,20-32H2,(H,45,49)(H,46,50)(H,47,51)(H,48,52)(H,53,54)/t37-/m0/s1. The number of amides is 4. The van der Waals surface area contributed by atoms with Crippen molar-refractivity contribution in [3.63, 3.8) is 0 Å². The molecule has 2 rings (SSSR count). The number of nitrogens with one attached hydrogen (secondary N) is 4. The van der Waals surface area contributed by atoms with Crippen LogP contribution in [-0.2, 0) is 23.7 Å². The monoisotopic (exact) mass is 852 g/mol. The van der Waals surface area contributed by atoms with Gasteiger partial charge in [0.25, 0.3) is 23.6 Å². The molecule has 2 aromatic carbocycles. The predicted octanol–water partition coefficient (Wildman–Crippen LogP) is 5.59. The van der Waals surface area contributed by atoms with Crippen molar-refractivity contribution in [1.82, 2.24) is 21.3 Å². The summed E-state index contributed by atoms with van der Waals surface area (Å²) in [5, 5.41) is 20.5. The van der Waals surface area contributed by atoms with Gasteiger partial charge in [0.2, 0.25) is 0 Å². The zero-order chi connectivity index (χ0) is 42.1. The van der Waals surface area contributed by atoms with Crippen LogP contribution in [-0.4, -0.2) is 125 Å². The third kappa shape index (κ3) is 23.6. The maximum Gasteiger partial charge on any atom is 0.326 e. The predicted molar refractivity (Wildman–Crippen MR) is 224 cm³/mol. The summed E-state index contributed by atoms with van der Waals surface area (Å²) in [7, 11) is 0. The summed E-state index contributed by atoms with van der Waals surface area (Å²) in [4.78, 5) is 62.2. The minimum atomic E-state index is -1.18. The SMILES string of the molecule is O=C(NCCCC[C@H](NC(=O)c1ccc(C(=O)NCCOCCOCCCCCCCl)cc1)C(=O)O)c1ccc(C(=O)NCCOCCOCCCCCCCl)cc1. The second-order valence-corrected chi connectivity index (χ2v) is 14.2. The number of rotatable bonds is 35. The minimum absolute atomic E-state index is 0.152. The Bertz CT molecular complexity index is 1450. The Balaban J connectivity index is 1.58. The van der Waals surface area contributed by atoms with Crippen LogP contribution >= 0.6 is 23.2 Å². The Kier molecular flexibility index (Phi) is 28.7. The van der Waals surface area contributed by atoms with Crippen LogP contribution in [0.1, 0.15) is 112 Å². The fraction of sp³-hybridized carbons (Fsp3) is 0.595. The van der Waals surface area contributed by atoms with Crippen LogP contribution in [0.15, 0.2) is 48.5 Å². The molecule has 324 valence electrons. The molecule has 0 aliphatic heterocycles. The number of alkyl halides is 2. The average molecular weight is 854 g/mol. The van der Waals surface area contributed by atoms with E-state index in [0.29, 0.717) is 114 Å². The van der Waals surface area contributed by atoms with E-state index in [4.69, 9.17) is 42.1 Å². The molecule has 0 aliphatic carbocycles. The fourth-order valence-electron chi connectivity index (χ4n) is 5.45. The molecule has 0 aromatic heterocycles. The molecule has 0 fully saturated rings.